The number of anilines is 1. The number of amides is 2. The number of benzene rings is 1. The van der Waals surface area contributed by atoms with Gasteiger partial charge in [-0.3, -0.25) is 14.5 Å². The van der Waals surface area contributed by atoms with Crippen molar-refractivity contribution in [2.45, 2.75) is 36.1 Å². The summed E-state index contributed by atoms with van der Waals surface area (Å²) in [5.74, 6) is 0.411. The minimum atomic E-state index is -0.938. The van der Waals surface area contributed by atoms with Crippen molar-refractivity contribution in [3.05, 3.63) is 47.0 Å². The lowest BCUT2D eigenvalue weighted by Crippen LogP contribution is -2.52. The van der Waals surface area contributed by atoms with Crippen LogP contribution in [0.3, 0.4) is 0 Å². The number of nitrogens with zero attached hydrogens (tertiary/aromatic N) is 3. The third-order valence-corrected chi connectivity index (χ3v) is 6.06. The molecule has 1 fully saturated rings. The SMILES string of the molecule is Cc1nccc(CNC(=O)[C@@]23CCC(=O)N2c2cc(Cl)ccc2S3)n1. The monoisotopic (exact) mass is 374 g/mol. The summed E-state index contributed by atoms with van der Waals surface area (Å²) in [5, 5.41) is 3.47. The quantitative estimate of drug-likeness (QED) is 0.893. The van der Waals surface area contributed by atoms with Gasteiger partial charge in [-0.15, -0.1) is 0 Å². The maximum atomic E-state index is 13.0. The molecule has 6 nitrogen and oxygen atoms in total. The summed E-state index contributed by atoms with van der Waals surface area (Å²) in [4.78, 5) is 35.3. The zero-order chi connectivity index (χ0) is 17.6. The molecule has 1 N–H and O–H groups in total. The van der Waals surface area contributed by atoms with E-state index >= 15 is 0 Å². The summed E-state index contributed by atoms with van der Waals surface area (Å²) in [5.41, 5.74) is 1.45. The van der Waals surface area contributed by atoms with E-state index in [-0.39, 0.29) is 11.8 Å². The van der Waals surface area contributed by atoms with Crippen LogP contribution in [0.1, 0.15) is 24.4 Å². The fraction of sp³-hybridized carbons (Fsp3) is 0.294. The Balaban J connectivity index is 1.60. The molecule has 0 bridgehead atoms. The van der Waals surface area contributed by atoms with Gasteiger partial charge in [-0.2, -0.15) is 0 Å². The van der Waals surface area contributed by atoms with Crippen molar-refractivity contribution in [3.8, 4) is 0 Å². The lowest BCUT2D eigenvalue weighted by molar-refractivity contribution is -0.125. The number of aromatic nitrogens is 2. The third kappa shape index (κ3) is 2.67. The summed E-state index contributed by atoms with van der Waals surface area (Å²) in [6.07, 6.45) is 2.48. The molecule has 8 heteroatoms. The molecule has 0 aliphatic carbocycles. The molecule has 25 heavy (non-hydrogen) atoms. The van der Waals surface area contributed by atoms with Gasteiger partial charge in [-0.1, -0.05) is 23.4 Å². The molecule has 2 aliphatic rings. The number of carbonyl (C=O) groups is 2. The van der Waals surface area contributed by atoms with E-state index in [1.54, 1.807) is 36.2 Å². The van der Waals surface area contributed by atoms with E-state index in [1.807, 2.05) is 6.07 Å². The van der Waals surface area contributed by atoms with Crippen LogP contribution < -0.4 is 10.2 Å². The Labute approximate surface area is 154 Å². The first-order valence-corrected chi connectivity index (χ1v) is 9.07. The van der Waals surface area contributed by atoms with Gasteiger partial charge in [0.2, 0.25) is 5.91 Å². The lowest BCUT2D eigenvalue weighted by Gasteiger charge is -2.29. The van der Waals surface area contributed by atoms with Gasteiger partial charge in [0, 0.05) is 22.5 Å². The number of fused-ring (bicyclic) bond motifs is 3. The number of carbonyl (C=O) groups excluding carboxylic acids is 2. The van der Waals surface area contributed by atoms with E-state index in [0.29, 0.717) is 35.9 Å². The first kappa shape index (κ1) is 16.4. The van der Waals surface area contributed by atoms with E-state index in [2.05, 4.69) is 15.3 Å². The number of hydrogen-bond acceptors (Lipinski definition) is 5. The molecule has 1 saturated heterocycles. The Hall–Kier alpha value is -2.12. The Morgan fingerprint density at radius 3 is 3.08 bits per heavy atom. The van der Waals surface area contributed by atoms with Crippen molar-refractivity contribution < 1.29 is 9.59 Å². The highest BCUT2D eigenvalue weighted by Gasteiger charge is 2.57. The molecule has 2 amide bonds. The number of hydrogen-bond donors (Lipinski definition) is 1. The van der Waals surface area contributed by atoms with Crippen molar-refractivity contribution in [2.24, 2.45) is 0 Å². The highest BCUT2D eigenvalue weighted by atomic mass is 35.5. The highest BCUT2D eigenvalue weighted by molar-refractivity contribution is 8.02. The molecule has 0 spiro atoms. The molecular formula is C17H15ClN4O2S. The Morgan fingerprint density at radius 1 is 1.44 bits per heavy atom. The number of aryl methyl sites for hydroxylation is 1. The minimum absolute atomic E-state index is 0.0541. The van der Waals surface area contributed by atoms with Gasteiger partial charge in [-0.05, 0) is 37.6 Å². The number of halogens is 1. The van der Waals surface area contributed by atoms with Crippen LogP contribution in [-0.4, -0.2) is 26.7 Å². The fourth-order valence-electron chi connectivity index (χ4n) is 3.23. The van der Waals surface area contributed by atoms with Gasteiger partial charge in [0.1, 0.15) is 5.82 Å². The summed E-state index contributed by atoms with van der Waals surface area (Å²) < 4.78 is 0. The van der Waals surface area contributed by atoms with E-state index in [4.69, 9.17) is 11.6 Å². The Bertz CT molecular complexity index is 891. The number of nitrogens with one attached hydrogen (secondary N) is 1. The van der Waals surface area contributed by atoms with E-state index < -0.39 is 4.87 Å². The molecule has 4 rings (SSSR count). The molecule has 1 aromatic heterocycles. The van der Waals surface area contributed by atoms with Gasteiger partial charge in [0.15, 0.2) is 4.87 Å². The average molecular weight is 375 g/mol. The maximum absolute atomic E-state index is 13.0. The van der Waals surface area contributed by atoms with Crippen molar-refractivity contribution in [3.63, 3.8) is 0 Å². The van der Waals surface area contributed by atoms with Gasteiger partial charge in [-0.25, -0.2) is 9.97 Å². The molecule has 0 unspecified atom stereocenters. The van der Waals surface area contributed by atoms with Crippen LogP contribution in [-0.2, 0) is 16.1 Å². The van der Waals surface area contributed by atoms with Crippen LogP contribution >= 0.6 is 23.4 Å². The molecule has 3 heterocycles. The normalized spacial score (nSPS) is 21.2. The van der Waals surface area contributed by atoms with E-state index in [0.717, 1.165) is 10.6 Å². The van der Waals surface area contributed by atoms with Crippen LogP contribution in [0, 0.1) is 6.92 Å². The Morgan fingerprint density at radius 2 is 2.28 bits per heavy atom. The van der Waals surface area contributed by atoms with Gasteiger partial charge < -0.3 is 5.32 Å². The van der Waals surface area contributed by atoms with Crippen LogP contribution in [0.25, 0.3) is 0 Å². The van der Waals surface area contributed by atoms with Gasteiger partial charge in [0.25, 0.3) is 5.91 Å². The zero-order valence-electron chi connectivity index (χ0n) is 13.5. The zero-order valence-corrected chi connectivity index (χ0v) is 15.0. The predicted octanol–water partition coefficient (Wildman–Crippen LogP) is 2.68. The average Bonchev–Trinajstić information content (AvgIpc) is 3.09. The van der Waals surface area contributed by atoms with E-state index in [1.165, 1.54) is 11.8 Å². The minimum Gasteiger partial charge on any atom is -0.348 e. The molecule has 0 radical (unpaired) electrons. The second-order valence-electron chi connectivity index (χ2n) is 6.01. The topological polar surface area (TPSA) is 75.2 Å². The molecule has 2 aliphatic heterocycles. The van der Waals surface area contributed by atoms with Crippen molar-refractivity contribution in [2.75, 3.05) is 4.90 Å². The molecule has 1 atom stereocenters. The largest absolute Gasteiger partial charge is 0.348 e. The first-order valence-electron chi connectivity index (χ1n) is 7.88. The molecule has 0 saturated carbocycles. The maximum Gasteiger partial charge on any atom is 0.257 e. The summed E-state index contributed by atoms with van der Waals surface area (Å²) in [6.45, 7) is 2.10. The number of rotatable bonds is 3. The van der Waals surface area contributed by atoms with Crippen LogP contribution in [0.2, 0.25) is 5.02 Å². The second-order valence-corrected chi connectivity index (χ2v) is 7.76. The predicted molar refractivity (Wildman–Crippen MR) is 95.4 cm³/mol. The van der Waals surface area contributed by atoms with Gasteiger partial charge >= 0.3 is 0 Å². The first-order chi connectivity index (χ1) is 12.0. The standard InChI is InChI=1S/C17H15ClN4O2S/c1-10-19-7-5-12(21-10)9-20-16(24)17-6-4-15(23)22(17)13-8-11(18)2-3-14(13)25-17/h2-3,5,7-8H,4,6,9H2,1H3,(H,20,24)/t17-/m0/s1. The second kappa shape index (κ2) is 6.00. The van der Waals surface area contributed by atoms with Crippen molar-refractivity contribution in [1.29, 1.82) is 0 Å². The van der Waals surface area contributed by atoms with Crippen LogP contribution in [0.4, 0.5) is 5.69 Å². The Kier molecular flexibility index (Phi) is 3.92. The number of thioether (sulfide) groups is 1. The van der Waals surface area contributed by atoms with E-state index in [9.17, 15) is 9.59 Å². The summed E-state index contributed by atoms with van der Waals surface area (Å²) in [7, 11) is 0. The summed E-state index contributed by atoms with van der Waals surface area (Å²) >= 11 is 7.50. The third-order valence-electron chi connectivity index (χ3n) is 4.35. The molecule has 2 aromatic rings. The van der Waals surface area contributed by atoms with Crippen LogP contribution in [0.15, 0.2) is 35.4 Å². The van der Waals surface area contributed by atoms with Gasteiger partial charge in [0.05, 0.1) is 17.9 Å². The lowest BCUT2D eigenvalue weighted by atomic mass is 10.2. The fourth-order valence-corrected chi connectivity index (χ4v) is 4.82. The molecule has 1 aromatic carbocycles. The smallest absolute Gasteiger partial charge is 0.257 e. The summed E-state index contributed by atoms with van der Waals surface area (Å²) in [6, 6.07) is 7.14. The molecular weight excluding hydrogens is 360 g/mol. The van der Waals surface area contributed by atoms with Crippen LogP contribution in [0.5, 0.6) is 0 Å². The molecule has 128 valence electrons. The van der Waals surface area contributed by atoms with Crippen molar-refractivity contribution in [1.82, 2.24) is 15.3 Å². The highest BCUT2D eigenvalue weighted by Crippen LogP contribution is 2.56. The van der Waals surface area contributed by atoms with Crippen molar-refractivity contribution >= 4 is 40.9 Å².